The van der Waals surface area contributed by atoms with E-state index in [0.717, 1.165) is 12.0 Å². The molecular weight excluding hydrogens is 179 g/mol. The molecule has 3 heteroatoms. The second-order valence-electron chi connectivity index (χ2n) is 3.10. The molecule has 0 radical (unpaired) electrons. The Morgan fingerprint density at radius 1 is 1.57 bits per heavy atom. The Kier molecular flexibility index (Phi) is 4.09. The Bertz CT molecular complexity index is 330. The van der Waals surface area contributed by atoms with E-state index >= 15 is 0 Å². The van der Waals surface area contributed by atoms with Crippen LogP contribution in [0.5, 0.6) is 0 Å². The molecule has 74 valence electrons. The van der Waals surface area contributed by atoms with Crippen LogP contribution < -0.4 is 5.32 Å². The molecule has 0 fully saturated rings. The van der Waals surface area contributed by atoms with Crippen molar-refractivity contribution in [2.45, 2.75) is 25.9 Å². The first-order valence-corrected chi connectivity index (χ1v) is 4.63. The lowest BCUT2D eigenvalue weighted by molar-refractivity contribution is 0.580. The maximum absolute atomic E-state index is 12.8. The van der Waals surface area contributed by atoms with Crippen LogP contribution in [-0.2, 0) is 6.54 Å². The zero-order valence-corrected chi connectivity index (χ0v) is 8.13. The zero-order valence-electron chi connectivity index (χ0n) is 8.13. The standard InChI is InChI=1S/C11H13FN2/c1-2-11(7-13)14-8-9-4-3-5-10(12)6-9/h3-6,11,14H,2,8H2,1H3. The molecule has 1 aromatic carbocycles. The summed E-state index contributed by atoms with van der Waals surface area (Å²) in [6.45, 7) is 2.47. The minimum absolute atomic E-state index is 0.154. The normalized spacial score (nSPS) is 12.1. The van der Waals surface area contributed by atoms with Gasteiger partial charge in [-0.2, -0.15) is 5.26 Å². The van der Waals surface area contributed by atoms with E-state index in [4.69, 9.17) is 5.26 Å². The van der Waals surface area contributed by atoms with Gasteiger partial charge in [-0.15, -0.1) is 0 Å². The number of nitrogens with zero attached hydrogens (tertiary/aromatic N) is 1. The van der Waals surface area contributed by atoms with Gasteiger partial charge in [0.25, 0.3) is 0 Å². The van der Waals surface area contributed by atoms with Crippen LogP contribution in [0.15, 0.2) is 24.3 Å². The predicted octanol–water partition coefficient (Wildman–Crippen LogP) is 2.22. The number of hydrogen-bond donors (Lipinski definition) is 1. The van der Waals surface area contributed by atoms with Crippen LogP contribution in [0.1, 0.15) is 18.9 Å². The first-order valence-electron chi connectivity index (χ1n) is 4.63. The third-order valence-corrected chi connectivity index (χ3v) is 2.01. The highest BCUT2D eigenvalue weighted by Crippen LogP contribution is 2.03. The quantitative estimate of drug-likeness (QED) is 0.794. The molecule has 0 aliphatic heterocycles. The largest absolute Gasteiger partial charge is 0.298 e. The van der Waals surface area contributed by atoms with Crippen molar-refractivity contribution < 1.29 is 4.39 Å². The van der Waals surface area contributed by atoms with Gasteiger partial charge in [-0.3, -0.25) is 5.32 Å². The summed E-state index contributed by atoms with van der Waals surface area (Å²) in [5.41, 5.74) is 0.860. The van der Waals surface area contributed by atoms with Gasteiger partial charge in [0.1, 0.15) is 5.82 Å². The number of rotatable bonds is 4. The highest BCUT2D eigenvalue weighted by atomic mass is 19.1. The average Bonchev–Trinajstić information content (AvgIpc) is 2.19. The van der Waals surface area contributed by atoms with Crippen molar-refractivity contribution in [1.82, 2.24) is 5.32 Å². The Morgan fingerprint density at radius 3 is 2.93 bits per heavy atom. The third kappa shape index (κ3) is 3.15. The fourth-order valence-corrected chi connectivity index (χ4v) is 1.17. The molecule has 0 aliphatic carbocycles. The van der Waals surface area contributed by atoms with Crippen LogP contribution in [0.4, 0.5) is 4.39 Å². The lowest BCUT2D eigenvalue weighted by atomic mass is 10.2. The summed E-state index contributed by atoms with van der Waals surface area (Å²) in [5, 5.41) is 11.7. The lowest BCUT2D eigenvalue weighted by Crippen LogP contribution is -2.26. The van der Waals surface area contributed by atoms with Gasteiger partial charge in [0.2, 0.25) is 0 Å². The van der Waals surface area contributed by atoms with Gasteiger partial charge in [-0.05, 0) is 24.1 Å². The van der Waals surface area contributed by atoms with Crippen LogP contribution in [0, 0.1) is 17.1 Å². The SMILES string of the molecule is CCC(C#N)NCc1cccc(F)c1. The molecule has 0 aliphatic rings. The summed E-state index contributed by atoms with van der Waals surface area (Å²) in [4.78, 5) is 0. The first-order chi connectivity index (χ1) is 6.76. The third-order valence-electron chi connectivity index (χ3n) is 2.01. The van der Waals surface area contributed by atoms with Crippen LogP contribution in [0.25, 0.3) is 0 Å². The van der Waals surface area contributed by atoms with E-state index in [2.05, 4.69) is 11.4 Å². The summed E-state index contributed by atoms with van der Waals surface area (Å²) in [6, 6.07) is 8.35. The fraction of sp³-hybridized carbons (Fsp3) is 0.364. The minimum atomic E-state index is -0.241. The molecule has 1 unspecified atom stereocenters. The van der Waals surface area contributed by atoms with Crippen molar-refractivity contribution in [2.75, 3.05) is 0 Å². The zero-order chi connectivity index (χ0) is 10.4. The van der Waals surface area contributed by atoms with Crippen molar-refractivity contribution in [2.24, 2.45) is 0 Å². The van der Waals surface area contributed by atoms with Gasteiger partial charge in [0.05, 0.1) is 12.1 Å². The Balaban J connectivity index is 2.50. The monoisotopic (exact) mass is 192 g/mol. The molecule has 0 heterocycles. The van der Waals surface area contributed by atoms with E-state index in [1.165, 1.54) is 12.1 Å². The number of benzene rings is 1. The molecule has 1 rings (SSSR count). The average molecular weight is 192 g/mol. The summed E-state index contributed by atoms with van der Waals surface area (Å²) in [6.07, 6.45) is 0.756. The maximum Gasteiger partial charge on any atom is 0.123 e. The van der Waals surface area contributed by atoms with E-state index in [9.17, 15) is 4.39 Å². The molecular formula is C11H13FN2. The second kappa shape index (κ2) is 5.36. The van der Waals surface area contributed by atoms with Crippen LogP contribution in [-0.4, -0.2) is 6.04 Å². The van der Waals surface area contributed by atoms with E-state index in [1.807, 2.05) is 13.0 Å². The van der Waals surface area contributed by atoms with E-state index in [1.54, 1.807) is 6.07 Å². The number of hydrogen-bond acceptors (Lipinski definition) is 2. The summed E-state index contributed by atoms with van der Waals surface area (Å²) in [5.74, 6) is -0.241. The summed E-state index contributed by atoms with van der Waals surface area (Å²) in [7, 11) is 0. The summed E-state index contributed by atoms with van der Waals surface area (Å²) < 4.78 is 12.8. The summed E-state index contributed by atoms with van der Waals surface area (Å²) >= 11 is 0. The molecule has 0 saturated carbocycles. The molecule has 14 heavy (non-hydrogen) atoms. The molecule has 0 spiro atoms. The molecule has 0 aromatic heterocycles. The Hall–Kier alpha value is -1.40. The molecule has 0 bridgehead atoms. The van der Waals surface area contributed by atoms with Crippen molar-refractivity contribution in [3.05, 3.63) is 35.6 Å². The lowest BCUT2D eigenvalue weighted by Gasteiger charge is -2.08. The van der Waals surface area contributed by atoms with E-state index < -0.39 is 0 Å². The van der Waals surface area contributed by atoms with Gasteiger partial charge >= 0.3 is 0 Å². The molecule has 0 saturated heterocycles. The maximum atomic E-state index is 12.8. The van der Waals surface area contributed by atoms with Gasteiger partial charge in [-0.1, -0.05) is 19.1 Å². The van der Waals surface area contributed by atoms with Crippen LogP contribution in [0.3, 0.4) is 0 Å². The fourth-order valence-electron chi connectivity index (χ4n) is 1.17. The van der Waals surface area contributed by atoms with Gasteiger partial charge in [0.15, 0.2) is 0 Å². The Morgan fingerprint density at radius 2 is 2.36 bits per heavy atom. The van der Waals surface area contributed by atoms with Crippen molar-refractivity contribution in [1.29, 1.82) is 5.26 Å². The van der Waals surface area contributed by atoms with Crippen LogP contribution >= 0.6 is 0 Å². The molecule has 2 nitrogen and oxygen atoms in total. The van der Waals surface area contributed by atoms with E-state index in [-0.39, 0.29) is 11.9 Å². The highest BCUT2D eigenvalue weighted by molar-refractivity contribution is 5.16. The topological polar surface area (TPSA) is 35.8 Å². The van der Waals surface area contributed by atoms with Gasteiger partial charge < -0.3 is 0 Å². The first kappa shape index (κ1) is 10.7. The number of halogens is 1. The van der Waals surface area contributed by atoms with Crippen LogP contribution in [0.2, 0.25) is 0 Å². The van der Waals surface area contributed by atoms with Gasteiger partial charge in [-0.25, -0.2) is 4.39 Å². The minimum Gasteiger partial charge on any atom is -0.298 e. The van der Waals surface area contributed by atoms with Crippen molar-refractivity contribution in [3.8, 4) is 6.07 Å². The van der Waals surface area contributed by atoms with E-state index in [0.29, 0.717) is 6.54 Å². The number of nitriles is 1. The van der Waals surface area contributed by atoms with Gasteiger partial charge in [0, 0.05) is 6.54 Å². The second-order valence-corrected chi connectivity index (χ2v) is 3.10. The molecule has 1 aromatic rings. The predicted molar refractivity (Wildman–Crippen MR) is 52.9 cm³/mol. The smallest absolute Gasteiger partial charge is 0.123 e. The van der Waals surface area contributed by atoms with Crippen molar-refractivity contribution >= 4 is 0 Å². The number of nitrogens with one attached hydrogen (secondary N) is 1. The highest BCUT2D eigenvalue weighted by Gasteiger charge is 2.02. The molecule has 1 atom stereocenters. The molecule has 1 N–H and O–H groups in total. The van der Waals surface area contributed by atoms with Crippen molar-refractivity contribution in [3.63, 3.8) is 0 Å². The molecule has 0 amide bonds. The Labute approximate surface area is 83.4 Å².